The number of aromatic nitrogens is 4. The Bertz CT molecular complexity index is 1040. The molecule has 3 rings (SSSR count). The molecule has 0 radical (unpaired) electrons. The topological polar surface area (TPSA) is 133 Å². The minimum absolute atomic E-state index is 0.108. The molecule has 140 valence electrons. The predicted octanol–water partition coefficient (Wildman–Crippen LogP) is 1.64. The summed E-state index contributed by atoms with van der Waals surface area (Å²) in [4.78, 5) is 9.99. The van der Waals surface area contributed by atoms with Crippen molar-refractivity contribution in [1.29, 1.82) is 0 Å². The van der Waals surface area contributed by atoms with E-state index in [1.807, 2.05) is 30.3 Å². The van der Waals surface area contributed by atoms with E-state index in [-0.39, 0.29) is 17.1 Å². The van der Waals surface area contributed by atoms with Gasteiger partial charge in [0, 0.05) is 24.4 Å². The summed E-state index contributed by atoms with van der Waals surface area (Å²) in [6.45, 7) is 0.108. The van der Waals surface area contributed by atoms with Gasteiger partial charge in [-0.25, -0.2) is 13.1 Å². The van der Waals surface area contributed by atoms with Gasteiger partial charge in [-0.3, -0.25) is 10.1 Å². The number of nitrogens with zero attached hydrogens (tertiary/aromatic N) is 5. The molecule has 0 unspecified atom stereocenters. The average molecular weight is 406 g/mol. The first-order valence-electron chi connectivity index (χ1n) is 7.68. The van der Waals surface area contributed by atoms with Crippen LogP contribution in [0.25, 0.3) is 5.69 Å². The molecule has 0 amide bonds. The number of thioether (sulfide) groups is 1. The van der Waals surface area contributed by atoms with E-state index in [4.69, 9.17) is 0 Å². The number of para-hydroxylation sites is 1. The van der Waals surface area contributed by atoms with Gasteiger partial charge in [0.1, 0.15) is 0 Å². The van der Waals surface area contributed by atoms with Gasteiger partial charge >= 0.3 is 0 Å². The van der Waals surface area contributed by atoms with E-state index in [0.29, 0.717) is 10.9 Å². The molecule has 0 aliphatic rings. The molecule has 0 aliphatic heterocycles. The van der Waals surface area contributed by atoms with Gasteiger partial charge in [-0.05, 0) is 28.6 Å². The van der Waals surface area contributed by atoms with Crippen LogP contribution in [0.15, 0.2) is 64.6 Å². The molecule has 1 N–H and O–H groups in total. The van der Waals surface area contributed by atoms with Crippen molar-refractivity contribution in [3.8, 4) is 5.69 Å². The highest BCUT2D eigenvalue weighted by Crippen LogP contribution is 2.19. The van der Waals surface area contributed by atoms with Crippen LogP contribution in [0.4, 0.5) is 5.69 Å². The minimum Gasteiger partial charge on any atom is -0.258 e. The highest BCUT2D eigenvalue weighted by Gasteiger charge is 2.17. The molecular weight excluding hydrogens is 392 g/mol. The SMILES string of the molecule is O=[N+]([O-])c1cccc(S(=O)(=O)NCCSc2nnnn2-c2ccccc2)c1. The quantitative estimate of drug-likeness (QED) is 0.258. The number of nitrogens with one attached hydrogen (secondary N) is 1. The molecule has 27 heavy (non-hydrogen) atoms. The number of hydrogen-bond acceptors (Lipinski definition) is 8. The zero-order valence-corrected chi connectivity index (χ0v) is 15.4. The van der Waals surface area contributed by atoms with E-state index >= 15 is 0 Å². The first-order valence-corrected chi connectivity index (χ1v) is 10.1. The normalized spacial score (nSPS) is 11.4. The van der Waals surface area contributed by atoms with E-state index in [0.717, 1.165) is 11.8 Å². The fourth-order valence-corrected chi connectivity index (χ4v) is 4.11. The number of rotatable bonds is 8. The molecule has 0 saturated heterocycles. The molecule has 3 aromatic rings. The van der Waals surface area contributed by atoms with Gasteiger partial charge in [-0.1, -0.05) is 36.0 Å². The molecule has 0 bridgehead atoms. The minimum atomic E-state index is -3.85. The molecule has 12 heteroatoms. The van der Waals surface area contributed by atoms with Gasteiger partial charge in [0.25, 0.3) is 5.69 Å². The van der Waals surface area contributed by atoms with E-state index < -0.39 is 14.9 Å². The van der Waals surface area contributed by atoms with Crippen molar-refractivity contribution in [3.63, 3.8) is 0 Å². The van der Waals surface area contributed by atoms with Gasteiger partial charge in [-0.15, -0.1) is 5.10 Å². The molecule has 2 aromatic carbocycles. The Morgan fingerprint density at radius 1 is 1.15 bits per heavy atom. The molecule has 0 fully saturated rings. The van der Waals surface area contributed by atoms with Gasteiger partial charge in [-0.2, -0.15) is 4.68 Å². The fraction of sp³-hybridized carbons (Fsp3) is 0.133. The van der Waals surface area contributed by atoms with E-state index in [2.05, 4.69) is 20.2 Å². The molecule has 0 aliphatic carbocycles. The number of non-ortho nitro benzene ring substituents is 1. The average Bonchev–Trinajstić information content (AvgIpc) is 3.14. The number of tetrazole rings is 1. The predicted molar refractivity (Wildman–Crippen MR) is 98.2 cm³/mol. The standard InChI is InChI=1S/C15H14N6O4S2/c22-21(23)13-7-4-8-14(11-13)27(24,25)16-9-10-26-15-17-18-19-20(15)12-5-2-1-3-6-12/h1-8,11,16H,9-10H2. The maximum atomic E-state index is 12.3. The molecule has 1 heterocycles. The third-order valence-corrected chi connectivity index (χ3v) is 5.79. The number of benzene rings is 2. The first-order chi connectivity index (χ1) is 13.0. The van der Waals surface area contributed by atoms with Crippen LogP contribution in [0.5, 0.6) is 0 Å². The van der Waals surface area contributed by atoms with Gasteiger partial charge < -0.3 is 0 Å². The van der Waals surface area contributed by atoms with Gasteiger partial charge in [0.2, 0.25) is 15.2 Å². The second kappa shape index (κ2) is 8.24. The summed E-state index contributed by atoms with van der Waals surface area (Å²) in [5.74, 6) is 0.376. The summed E-state index contributed by atoms with van der Waals surface area (Å²) in [6.07, 6.45) is 0. The third-order valence-electron chi connectivity index (χ3n) is 3.41. The van der Waals surface area contributed by atoms with Crippen molar-refractivity contribution >= 4 is 27.5 Å². The van der Waals surface area contributed by atoms with Crippen LogP contribution in [0.1, 0.15) is 0 Å². The second-order valence-corrected chi connectivity index (χ2v) is 8.04. The third kappa shape index (κ3) is 4.67. The maximum absolute atomic E-state index is 12.3. The Morgan fingerprint density at radius 2 is 1.93 bits per heavy atom. The zero-order valence-electron chi connectivity index (χ0n) is 13.8. The summed E-state index contributed by atoms with van der Waals surface area (Å²) in [5.41, 5.74) is 0.511. The maximum Gasteiger partial charge on any atom is 0.270 e. The summed E-state index contributed by atoms with van der Waals surface area (Å²) in [7, 11) is -3.85. The highest BCUT2D eigenvalue weighted by molar-refractivity contribution is 7.99. The van der Waals surface area contributed by atoms with Gasteiger partial charge in [0.05, 0.1) is 15.5 Å². The Hall–Kier alpha value is -2.83. The van der Waals surface area contributed by atoms with Crippen LogP contribution in [-0.4, -0.2) is 45.8 Å². The number of nitro groups is 1. The van der Waals surface area contributed by atoms with Crippen molar-refractivity contribution in [3.05, 3.63) is 64.7 Å². The number of sulfonamides is 1. The van der Waals surface area contributed by atoms with Crippen molar-refractivity contribution in [2.45, 2.75) is 10.1 Å². The summed E-state index contributed by atoms with van der Waals surface area (Å²) < 4.78 is 28.5. The summed E-state index contributed by atoms with van der Waals surface area (Å²) in [6, 6.07) is 14.2. The van der Waals surface area contributed by atoms with Crippen molar-refractivity contribution < 1.29 is 13.3 Å². The first kappa shape index (κ1) is 18.9. The molecule has 1 aromatic heterocycles. The highest BCUT2D eigenvalue weighted by atomic mass is 32.2. The second-order valence-electron chi connectivity index (χ2n) is 5.21. The molecule has 10 nitrogen and oxygen atoms in total. The Kier molecular flexibility index (Phi) is 5.78. The lowest BCUT2D eigenvalue weighted by Crippen LogP contribution is -2.26. The monoisotopic (exact) mass is 406 g/mol. The van der Waals surface area contributed by atoms with E-state index in [1.165, 1.54) is 30.0 Å². The van der Waals surface area contributed by atoms with Crippen LogP contribution in [0, 0.1) is 10.1 Å². The van der Waals surface area contributed by atoms with Crippen LogP contribution in [0.3, 0.4) is 0 Å². The lowest BCUT2D eigenvalue weighted by atomic mass is 10.3. The number of hydrogen-bond donors (Lipinski definition) is 1. The lowest BCUT2D eigenvalue weighted by Gasteiger charge is -2.07. The largest absolute Gasteiger partial charge is 0.270 e. The summed E-state index contributed by atoms with van der Waals surface area (Å²) in [5, 5.41) is 22.8. The lowest BCUT2D eigenvalue weighted by molar-refractivity contribution is -0.385. The Morgan fingerprint density at radius 3 is 2.67 bits per heavy atom. The summed E-state index contributed by atoms with van der Waals surface area (Å²) >= 11 is 1.28. The molecule has 0 atom stereocenters. The smallest absolute Gasteiger partial charge is 0.258 e. The Balaban J connectivity index is 1.60. The van der Waals surface area contributed by atoms with E-state index in [9.17, 15) is 18.5 Å². The number of nitro benzene ring substituents is 1. The van der Waals surface area contributed by atoms with Crippen LogP contribution in [0.2, 0.25) is 0 Å². The van der Waals surface area contributed by atoms with Gasteiger partial charge in [0.15, 0.2) is 0 Å². The molecular formula is C15H14N6O4S2. The van der Waals surface area contributed by atoms with Crippen LogP contribution in [-0.2, 0) is 10.0 Å². The molecule has 0 saturated carbocycles. The zero-order chi connectivity index (χ0) is 19.3. The van der Waals surface area contributed by atoms with Crippen LogP contribution < -0.4 is 4.72 Å². The fourth-order valence-electron chi connectivity index (χ4n) is 2.17. The van der Waals surface area contributed by atoms with Crippen molar-refractivity contribution in [2.24, 2.45) is 0 Å². The van der Waals surface area contributed by atoms with E-state index in [1.54, 1.807) is 4.68 Å². The molecule has 0 spiro atoms. The van der Waals surface area contributed by atoms with Crippen LogP contribution >= 0.6 is 11.8 Å². The van der Waals surface area contributed by atoms with Crippen molar-refractivity contribution in [2.75, 3.05) is 12.3 Å². The van der Waals surface area contributed by atoms with Crippen molar-refractivity contribution in [1.82, 2.24) is 24.9 Å². The Labute approximate surface area is 158 Å².